The second kappa shape index (κ2) is 9.18. The third-order valence-corrected chi connectivity index (χ3v) is 6.29. The molecule has 6 nitrogen and oxygen atoms in total. The second-order valence-corrected chi connectivity index (χ2v) is 8.92. The van der Waals surface area contributed by atoms with Crippen LogP contribution in [0.2, 0.25) is 5.02 Å². The Morgan fingerprint density at radius 3 is 2.74 bits per heavy atom. The zero-order chi connectivity index (χ0) is 22.0. The first-order chi connectivity index (χ1) is 14.9. The molecule has 0 aliphatic carbocycles. The first kappa shape index (κ1) is 21.5. The molecular weight excluding hydrogens is 410 g/mol. The average Bonchev–Trinajstić information content (AvgIpc) is 3.19. The van der Waals surface area contributed by atoms with Crippen molar-refractivity contribution in [3.63, 3.8) is 0 Å². The molecule has 7 heteroatoms. The molecule has 3 aromatic rings. The van der Waals surface area contributed by atoms with Crippen molar-refractivity contribution >= 4 is 17.5 Å². The molecule has 3 heterocycles. The number of aryl methyl sites for hydroxylation is 3. The van der Waals surface area contributed by atoms with Gasteiger partial charge in [0.2, 0.25) is 0 Å². The number of nitrogens with zero attached hydrogens (tertiary/aromatic N) is 5. The summed E-state index contributed by atoms with van der Waals surface area (Å²) in [6.45, 7) is 6.91. The maximum atomic E-state index is 13.8. The zero-order valence-corrected chi connectivity index (χ0v) is 19.0. The Kier molecular flexibility index (Phi) is 6.37. The van der Waals surface area contributed by atoms with E-state index in [9.17, 15) is 4.79 Å². The number of piperidine rings is 1. The van der Waals surface area contributed by atoms with Gasteiger partial charge in [0.05, 0.1) is 28.2 Å². The molecule has 1 saturated heterocycles. The van der Waals surface area contributed by atoms with E-state index in [-0.39, 0.29) is 11.9 Å². The largest absolute Gasteiger partial charge is 0.335 e. The van der Waals surface area contributed by atoms with E-state index < -0.39 is 0 Å². The number of benzene rings is 1. The molecule has 1 unspecified atom stereocenters. The molecule has 1 aliphatic rings. The number of hydrogen-bond donors (Lipinski definition) is 0. The van der Waals surface area contributed by atoms with Crippen LogP contribution in [0.3, 0.4) is 0 Å². The van der Waals surface area contributed by atoms with E-state index in [1.54, 1.807) is 17.2 Å². The average molecular weight is 438 g/mol. The summed E-state index contributed by atoms with van der Waals surface area (Å²) in [5, 5.41) is 9.41. The van der Waals surface area contributed by atoms with E-state index in [1.165, 1.54) is 0 Å². The highest BCUT2D eigenvalue weighted by atomic mass is 35.5. The van der Waals surface area contributed by atoms with E-state index in [1.807, 2.05) is 44.2 Å². The second-order valence-electron chi connectivity index (χ2n) is 8.49. The van der Waals surface area contributed by atoms with Gasteiger partial charge < -0.3 is 4.90 Å². The van der Waals surface area contributed by atoms with Crippen LogP contribution in [0.15, 0.2) is 42.7 Å². The van der Waals surface area contributed by atoms with Gasteiger partial charge in [-0.25, -0.2) is 0 Å². The minimum absolute atomic E-state index is 0.0502. The lowest BCUT2D eigenvalue weighted by Gasteiger charge is -2.40. The van der Waals surface area contributed by atoms with Crippen molar-refractivity contribution in [3.8, 4) is 5.69 Å². The first-order valence-electron chi connectivity index (χ1n) is 10.8. The van der Waals surface area contributed by atoms with Crippen molar-refractivity contribution in [2.45, 2.75) is 52.5 Å². The van der Waals surface area contributed by atoms with Gasteiger partial charge in [-0.2, -0.15) is 15.0 Å². The number of hydrogen-bond acceptors (Lipinski definition) is 4. The minimum atomic E-state index is 0.0502. The molecular formula is C24H28ClN5O. The van der Waals surface area contributed by atoms with Gasteiger partial charge in [-0.15, -0.1) is 0 Å². The van der Waals surface area contributed by atoms with Gasteiger partial charge in [0.25, 0.3) is 5.91 Å². The summed E-state index contributed by atoms with van der Waals surface area (Å²) in [6.07, 6.45) is 7.23. The smallest absolute Gasteiger partial charge is 0.256 e. The topological polar surface area (TPSA) is 63.9 Å². The van der Waals surface area contributed by atoms with Crippen LogP contribution < -0.4 is 0 Å². The Morgan fingerprint density at radius 1 is 1.19 bits per heavy atom. The van der Waals surface area contributed by atoms with E-state index in [2.05, 4.69) is 27.0 Å². The van der Waals surface area contributed by atoms with Crippen LogP contribution in [0, 0.1) is 19.8 Å². The Hall–Kier alpha value is -2.73. The van der Waals surface area contributed by atoms with Crippen LogP contribution in [-0.4, -0.2) is 43.4 Å². The van der Waals surface area contributed by atoms with E-state index in [0.717, 1.165) is 54.9 Å². The maximum Gasteiger partial charge on any atom is 0.256 e. The number of halogens is 1. The predicted octanol–water partition coefficient (Wildman–Crippen LogP) is 4.81. The zero-order valence-electron chi connectivity index (χ0n) is 18.3. The maximum absolute atomic E-state index is 13.8. The molecule has 1 fully saturated rings. The fourth-order valence-electron chi connectivity index (χ4n) is 4.40. The van der Waals surface area contributed by atoms with Gasteiger partial charge >= 0.3 is 0 Å². The third-order valence-electron chi connectivity index (χ3n) is 6.07. The van der Waals surface area contributed by atoms with Crippen molar-refractivity contribution in [3.05, 3.63) is 70.3 Å². The molecule has 162 valence electrons. The summed E-state index contributed by atoms with van der Waals surface area (Å²) in [4.78, 5) is 21.8. The molecule has 4 rings (SSSR count). The fraction of sp³-hybridized carbons (Fsp3) is 0.417. The highest BCUT2D eigenvalue weighted by Gasteiger charge is 2.33. The van der Waals surface area contributed by atoms with Gasteiger partial charge in [0.1, 0.15) is 0 Å². The normalized spacial score (nSPS) is 18.9. The number of carbonyl (C=O) groups excluding carboxylic acids is 1. The molecule has 1 aromatic carbocycles. The van der Waals surface area contributed by atoms with Crippen LogP contribution in [-0.2, 0) is 6.42 Å². The summed E-state index contributed by atoms with van der Waals surface area (Å²) in [7, 11) is 0. The SMILES string of the molecule is Cc1ccc(-n2ncc(C)n2)c(C(=O)N2CCC[C@@H](C)C2CCc2ccc(Cl)cn2)c1. The van der Waals surface area contributed by atoms with Gasteiger partial charge in [0.15, 0.2) is 0 Å². The Labute approximate surface area is 188 Å². The molecule has 2 atom stereocenters. The summed E-state index contributed by atoms with van der Waals surface area (Å²) in [5.74, 6) is 0.484. The minimum Gasteiger partial charge on any atom is -0.335 e. The molecule has 0 radical (unpaired) electrons. The van der Waals surface area contributed by atoms with Crippen LogP contribution in [0.4, 0.5) is 0 Å². The summed E-state index contributed by atoms with van der Waals surface area (Å²) >= 11 is 5.97. The molecule has 1 amide bonds. The standard InChI is InChI=1S/C24H28ClN5O/c1-16-6-10-23(30-27-14-18(3)28-30)21(13-16)24(31)29-12-4-5-17(2)22(29)11-9-20-8-7-19(25)15-26-20/h6-8,10,13-15,17,22H,4-5,9,11-12H2,1-3H3/t17-,22?/m1/s1. The van der Waals surface area contributed by atoms with Crippen LogP contribution >= 0.6 is 11.6 Å². The monoisotopic (exact) mass is 437 g/mol. The highest BCUT2D eigenvalue weighted by Crippen LogP contribution is 2.29. The summed E-state index contributed by atoms with van der Waals surface area (Å²) < 4.78 is 0. The fourth-order valence-corrected chi connectivity index (χ4v) is 4.51. The van der Waals surface area contributed by atoms with Gasteiger partial charge in [-0.3, -0.25) is 9.78 Å². The highest BCUT2D eigenvalue weighted by molar-refractivity contribution is 6.30. The molecule has 0 spiro atoms. The van der Waals surface area contributed by atoms with E-state index >= 15 is 0 Å². The lowest BCUT2D eigenvalue weighted by molar-refractivity contribution is 0.0498. The Bertz CT molecular complexity index is 1060. The lowest BCUT2D eigenvalue weighted by Crippen LogP contribution is -2.48. The number of rotatable bonds is 5. The molecule has 2 aromatic heterocycles. The first-order valence-corrected chi connectivity index (χ1v) is 11.2. The van der Waals surface area contributed by atoms with Crippen molar-refractivity contribution in [2.75, 3.05) is 6.54 Å². The predicted molar refractivity (Wildman–Crippen MR) is 122 cm³/mol. The molecule has 1 aliphatic heterocycles. The quantitative estimate of drug-likeness (QED) is 0.574. The number of amides is 1. The number of carbonyl (C=O) groups is 1. The van der Waals surface area contributed by atoms with Gasteiger partial charge in [-0.05, 0) is 69.7 Å². The third kappa shape index (κ3) is 4.79. The Morgan fingerprint density at radius 2 is 2.03 bits per heavy atom. The number of pyridine rings is 1. The summed E-state index contributed by atoms with van der Waals surface area (Å²) in [5.41, 5.74) is 4.24. The molecule has 0 bridgehead atoms. The Balaban J connectivity index is 1.61. The number of aromatic nitrogens is 4. The van der Waals surface area contributed by atoms with Crippen molar-refractivity contribution in [1.82, 2.24) is 24.9 Å². The molecule has 0 N–H and O–H groups in total. The van der Waals surface area contributed by atoms with Gasteiger partial charge in [0, 0.05) is 24.5 Å². The van der Waals surface area contributed by atoms with E-state index in [4.69, 9.17) is 11.6 Å². The van der Waals surface area contributed by atoms with Crippen LogP contribution in [0.5, 0.6) is 0 Å². The molecule has 31 heavy (non-hydrogen) atoms. The van der Waals surface area contributed by atoms with Crippen molar-refractivity contribution in [1.29, 1.82) is 0 Å². The van der Waals surface area contributed by atoms with Crippen LogP contribution in [0.1, 0.15) is 53.5 Å². The van der Waals surface area contributed by atoms with E-state index in [0.29, 0.717) is 16.5 Å². The van der Waals surface area contributed by atoms with Gasteiger partial charge in [-0.1, -0.05) is 30.2 Å². The lowest BCUT2D eigenvalue weighted by atomic mass is 9.86. The summed E-state index contributed by atoms with van der Waals surface area (Å²) in [6, 6.07) is 9.88. The molecule has 0 saturated carbocycles. The van der Waals surface area contributed by atoms with Crippen molar-refractivity contribution in [2.24, 2.45) is 5.92 Å². The van der Waals surface area contributed by atoms with Crippen LogP contribution in [0.25, 0.3) is 5.69 Å². The van der Waals surface area contributed by atoms with Crippen molar-refractivity contribution < 1.29 is 4.79 Å². The number of likely N-dealkylation sites (tertiary alicyclic amines) is 1.